The number of nitrogens with zero attached hydrogens (tertiary/aromatic N) is 2. The molecule has 0 unspecified atom stereocenters. The molecular formula is C16H12N4O2. The van der Waals surface area contributed by atoms with Crippen LogP contribution in [0.5, 0.6) is 0 Å². The summed E-state index contributed by atoms with van der Waals surface area (Å²) in [6.07, 6.45) is 1.74. The fraction of sp³-hybridized carbons (Fsp3) is 0.0625. The Morgan fingerprint density at radius 2 is 2.14 bits per heavy atom. The van der Waals surface area contributed by atoms with E-state index in [9.17, 15) is 4.79 Å². The number of oxazole rings is 1. The molecule has 0 atom stereocenters. The summed E-state index contributed by atoms with van der Waals surface area (Å²) in [5, 5.41) is 10.7. The van der Waals surface area contributed by atoms with Crippen LogP contribution in [-0.2, 0) is 0 Å². The third-order valence-corrected chi connectivity index (χ3v) is 3.46. The van der Waals surface area contributed by atoms with Crippen molar-refractivity contribution in [2.24, 2.45) is 0 Å². The van der Waals surface area contributed by atoms with Crippen LogP contribution in [0.2, 0.25) is 0 Å². The summed E-state index contributed by atoms with van der Waals surface area (Å²) in [7, 11) is 0. The molecule has 0 aliphatic rings. The topological polar surface area (TPSA) is 83.8 Å². The maximum atomic E-state index is 12.3. The zero-order valence-electron chi connectivity index (χ0n) is 11.8. The van der Waals surface area contributed by atoms with E-state index in [1.165, 1.54) is 0 Å². The first-order chi connectivity index (χ1) is 10.7. The van der Waals surface area contributed by atoms with Crippen molar-refractivity contribution in [1.82, 2.24) is 15.2 Å². The Morgan fingerprint density at radius 3 is 3.05 bits per heavy atom. The summed E-state index contributed by atoms with van der Waals surface area (Å²) < 4.78 is 5.41. The van der Waals surface area contributed by atoms with Gasteiger partial charge in [-0.2, -0.15) is 5.10 Å². The van der Waals surface area contributed by atoms with Gasteiger partial charge in [0.05, 0.1) is 11.7 Å². The Hall–Kier alpha value is -3.15. The molecule has 0 saturated heterocycles. The van der Waals surface area contributed by atoms with E-state index in [2.05, 4.69) is 20.5 Å². The van der Waals surface area contributed by atoms with Crippen molar-refractivity contribution in [2.45, 2.75) is 6.92 Å². The molecule has 4 aromatic rings. The van der Waals surface area contributed by atoms with Crippen LogP contribution in [0.25, 0.3) is 22.0 Å². The number of nitrogens with one attached hydrogen (secondary N) is 2. The van der Waals surface area contributed by atoms with Gasteiger partial charge in [0, 0.05) is 23.6 Å². The van der Waals surface area contributed by atoms with Gasteiger partial charge in [0.1, 0.15) is 5.52 Å². The average molecular weight is 292 g/mol. The highest BCUT2D eigenvalue weighted by Gasteiger charge is 2.10. The van der Waals surface area contributed by atoms with Gasteiger partial charge in [-0.15, -0.1) is 0 Å². The molecule has 6 heteroatoms. The molecular weight excluding hydrogens is 280 g/mol. The number of H-pyrrole nitrogens is 1. The van der Waals surface area contributed by atoms with E-state index in [-0.39, 0.29) is 5.91 Å². The van der Waals surface area contributed by atoms with Crippen molar-refractivity contribution in [3.05, 3.63) is 54.0 Å². The Kier molecular flexibility index (Phi) is 2.69. The number of hydrogen-bond donors (Lipinski definition) is 2. The fourth-order valence-corrected chi connectivity index (χ4v) is 2.40. The Balaban J connectivity index is 1.64. The first kappa shape index (κ1) is 12.6. The maximum Gasteiger partial charge on any atom is 0.255 e. The van der Waals surface area contributed by atoms with Gasteiger partial charge in [-0.25, -0.2) is 4.98 Å². The summed E-state index contributed by atoms with van der Waals surface area (Å²) >= 11 is 0. The Morgan fingerprint density at radius 1 is 1.23 bits per heavy atom. The molecule has 0 fully saturated rings. The van der Waals surface area contributed by atoms with E-state index in [1.54, 1.807) is 31.3 Å². The molecule has 4 rings (SSSR count). The molecule has 0 saturated carbocycles. The van der Waals surface area contributed by atoms with Crippen LogP contribution in [0.15, 0.2) is 47.0 Å². The standard InChI is InChI=1S/C16H12N4O2/c1-9-18-14-6-10(3-5-15(14)22-9)16(21)19-12-4-2-11-8-17-20-13(11)7-12/h2-8H,1H3,(H,17,20)(H,19,21). The van der Waals surface area contributed by atoms with Crippen molar-refractivity contribution >= 4 is 33.6 Å². The molecule has 2 heterocycles. The van der Waals surface area contributed by atoms with Crippen molar-refractivity contribution in [1.29, 1.82) is 0 Å². The minimum absolute atomic E-state index is 0.193. The first-order valence-corrected chi connectivity index (χ1v) is 6.81. The number of anilines is 1. The number of carbonyl (C=O) groups excluding carboxylic acids is 1. The summed E-state index contributed by atoms with van der Waals surface area (Å²) in [6, 6.07) is 10.8. The third-order valence-electron chi connectivity index (χ3n) is 3.46. The molecule has 0 radical (unpaired) electrons. The second-order valence-corrected chi connectivity index (χ2v) is 5.04. The van der Waals surface area contributed by atoms with Crippen LogP contribution < -0.4 is 5.32 Å². The number of carbonyl (C=O) groups is 1. The number of aromatic nitrogens is 3. The zero-order valence-corrected chi connectivity index (χ0v) is 11.8. The number of aryl methyl sites for hydroxylation is 1. The molecule has 108 valence electrons. The number of amides is 1. The molecule has 2 N–H and O–H groups in total. The lowest BCUT2D eigenvalue weighted by Gasteiger charge is -2.05. The normalized spacial score (nSPS) is 11.1. The summed E-state index contributed by atoms with van der Waals surface area (Å²) in [5.41, 5.74) is 3.46. The van der Waals surface area contributed by atoms with Gasteiger partial charge >= 0.3 is 0 Å². The quantitative estimate of drug-likeness (QED) is 0.594. The number of rotatable bonds is 2. The van der Waals surface area contributed by atoms with Gasteiger partial charge in [-0.05, 0) is 36.4 Å². The SMILES string of the molecule is Cc1nc2cc(C(=O)Nc3ccc4cn[nH]c4c3)ccc2o1. The number of fused-ring (bicyclic) bond motifs is 2. The fourth-order valence-electron chi connectivity index (χ4n) is 2.40. The molecule has 0 aliphatic heterocycles. The lowest BCUT2D eigenvalue weighted by atomic mass is 10.2. The summed E-state index contributed by atoms with van der Waals surface area (Å²) in [5.74, 6) is 0.388. The van der Waals surface area contributed by atoms with E-state index in [0.29, 0.717) is 28.2 Å². The second kappa shape index (κ2) is 4.70. The van der Waals surface area contributed by atoms with E-state index in [1.807, 2.05) is 18.2 Å². The number of hydrogen-bond acceptors (Lipinski definition) is 4. The zero-order chi connectivity index (χ0) is 15.1. The second-order valence-electron chi connectivity index (χ2n) is 5.04. The van der Waals surface area contributed by atoms with Gasteiger partial charge in [-0.3, -0.25) is 9.89 Å². The van der Waals surface area contributed by atoms with Gasteiger partial charge in [-0.1, -0.05) is 0 Å². The van der Waals surface area contributed by atoms with Crippen LogP contribution in [0.3, 0.4) is 0 Å². The number of aromatic amines is 1. The third kappa shape index (κ3) is 2.10. The molecule has 0 bridgehead atoms. The average Bonchev–Trinajstić information content (AvgIpc) is 3.10. The smallest absolute Gasteiger partial charge is 0.255 e. The van der Waals surface area contributed by atoms with Crippen molar-refractivity contribution in [3.8, 4) is 0 Å². The summed E-state index contributed by atoms with van der Waals surface area (Å²) in [6.45, 7) is 1.78. The predicted octanol–water partition coefficient (Wildman–Crippen LogP) is 3.26. The van der Waals surface area contributed by atoms with E-state index in [0.717, 1.165) is 10.9 Å². The van der Waals surface area contributed by atoms with Gasteiger partial charge < -0.3 is 9.73 Å². The van der Waals surface area contributed by atoms with Crippen LogP contribution in [-0.4, -0.2) is 21.1 Å². The molecule has 1 amide bonds. The van der Waals surface area contributed by atoms with Crippen molar-refractivity contribution in [3.63, 3.8) is 0 Å². The molecule has 0 aliphatic carbocycles. The van der Waals surface area contributed by atoms with Crippen LogP contribution in [0.4, 0.5) is 5.69 Å². The maximum absolute atomic E-state index is 12.3. The van der Waals surface area contributed by atoms with Crippen LogP contribution in [0.1, 0.15) is 16.2 Å². The van der Waals surface area contributed by atoms with Crippen LogP contribution in [0, 0.1) is 6.92 Å². The monoisotopic (exact) mass is 292 g/mol. The van der Waals surface area contributed by atoms with E-state index < -0.39 is 0 Å². The highest BCUT2D eigenvalue weighted by Crippen LogP contribution is 2.20. The summed E-state index contributed by atoms with van der Waals surface area (Å²) in [4.78, 5) is 16.6. The molecule has 0 spiro atoms. The Labute approximate surface area is 125 Å². The largest absolute Gasteiger partial charge is 0.441 e. The molecule has 22 heavy (non-hydrogen) atoms. The van der Waals surface area contributed by atoms with E-state index >= 15 is 0 Å². The van der Waals surface area contributed by atoms with Crippen molar-refractivity contribution in [2.75, 3.05) is 5.32 Å². The molecule has 2 aromatic carbocycles. The predicted molar refractivity (Wildman–Crippen MR) is 82.8 cm³/mol. The Bertz CT molecular complexity index is 1000. The lowest BCUT2D eigenvalue weighted by molar-refractivity contribution is 0.102. The van der Waals surface area contributed by atoms with Crippen LogP contribution >= 0.6 is 0 Å². The van der Waals surface area contributed by atoms with Gasteiger partial charge in [0.15, 0.2) is 11.5 Å². The molecule has 6 nitrogen and oxygen atoms in total. The highest BCUT2D eigenvalue weighted by molar-refractivity contribution is 6.06. The van der Waals surface area contributed by atoms with E-state index in [4.69, 9.17) is 4.42 Å². The lowest BCUT2D eigenvalue weighted by Crippen LogP contribution is -2.11. The number of benzene rings is 2. The van der Waals surface area contributed by atoms with Gasteiger partial charge in [0.2, 0.25) is 0 Å². The van der Waals surface area contributed by atoms with Gasteiger partial charge in [0.25, 0.3) is 5.91 Å². The minimum atomic E-state index is -0.193. The highest BCUT2D eigenvalue weighted by atomic mass is 16.3. The molecule has 2 aromatic heterocycles. The minimum Gasteiger partial charge on any atom is -0.441 e. The first-order valence-electron chi connectivity index (χ1n) is 6.81. The van der Waals surface area contributed by atoms with Crippen molar-refractivity contribution < 1.29 is 9.21 Å².